The van der Waals surface area contributed by atoms with Gasteiger partial charge in [-0.1, -0.05) is 0 Å². The zero-order chi connectivity index (χ0) is 19.9. The summed E-state index contributed by atoms with van der Waals surface area (Å²) in [5.74, 6) is -1.52. The van der Waals surface area contributed by atoms with E-state index >= 15 is 0 Å². The lowest BCUT2D eigenvalue weighted by atomic mass is 10.3. The van der Waals surface area contributed by atoms with Crippen LogP contribution in [-0.4, -0.2) is 40.4 Å². The molecule has 0 unspecified atom stereocenters. The molecule has 0 aliphatic carbocycles. The number of sulfonamides is 1. The standard InChI is InChI=1S/C17H17F2NO5S2/c1-24-17(21)11-25-16-7-4-13(10-15(16)19)26-9-8-20-27(22,23)14-5-2-12(18)3-6-14/h2-7,10,20H,8-9,11H2,1H3. The highest BCUT2D eigenvalue weighted by atomic mass is 32.2. The number of carbonyl (C=O) groups excluding carboxylic acids is 1. The van der Waals surface area contributed by atoms with Crippen molar-refractivity contribution in [2.45, 2.75) is 9.79 Å². The number of halogens is 2. The molecule has 0 atom stereocenters. The first-order valence-corrected chi connectivity index (χ1v) is 10.2. The maximum atomic E-state index is 13.9. The summed E-state index contributed by atoms with van der Waals surface area (Å²) in [6.07, 6.45) is 0. The molecule has 0 aliphatic rings. The molecular formula is C17H17F2NO5S2. The smallest absolute Gasteiger partial charge is 0.343 e. The van der Waals surface area contributed by atoms with Crippen molar-refractivity contribution in [2.75, 3.05) is 26.0 Å². The molecule has 10 heteroatoms. The lowest BCUT2D eigenvalue weighted by Gasteiger charge is -2.09. The van der Waals surface area contributed by atoms with Gasteiger partial charge in [0.25, 0.3) is 0 Å². The second-order valence-corrected chi connectivity index (χ2v) is 8.09. The van der Waals surface area contributed by atoms with Crippen molar-refractivity contribution < 1.29 is 31.5 Å². The molecule has 0 saturated heterocycles. The summed E-state index contributed by atoms with van der Waals surface area (Å²) < 4.78 is 62.7. The quantitative estimate of drug-likeness (QED) is 0.384. The van der Waals surface area contributed by atoms with Gasteiger partial charge in [0.2, 0.25) is 10.0 Å². The third-order valence-electron chi connectivity index (χ3n) is 3.26. The number of esters is 1. The average Bonchev–Trinajstić information content (AvgIpc) is 2.64. The molecule has 0 aliphatic heterocycles. The normalized spacial score (nSPS) is 11.2. The number of methoxy groups -OCH3 is 1. The van der Waals surface area contributed by atoms with Crippen LogP contribution in [0.25, 0.3) is 0 Å². The predicted molar refractivity (Wildman–Crippen MR) is 96.2 cm³/mol. The zero-order valence-electron chi connectivity index (χ0n) is 14.3. The highest BCUT2D eigenvalue weighted by Gasteiger charge is 2.13. The van der Waals surface area contributed by atoms with E-state index in [4.69, 9.17) is 4.74 Å². The van der Waals surface area contributed by atoms with Crippen LogP contribution in [0.2, 0.25) is 0 Å². The molecule has 146 valence electrons. The van der Waals surface area contributed by atoms with Crippen LogP contribution in [0.3, 0.4) is 0 Å². The van der Waals surface area contributed by atoms with Crippen molar-refractivity contribution in [3.8, 4) is 5.75 Å². The van der Waals surface area contributed by atoms with Gasteiger partial charge in [0.15, 0.2) is 18.2 Å². The largest absolute Gasteiger partial charge is 0.479 e. The summed E-state index contributed by atoms with van der Waals surface area (Å²) in [7, 11) is -2.53. The molecule has 0 radical (unpaired) electrons. The Labute approximate surface area is 159 Å². The van der Waals surface area contributed by atoms with Crippen molar-refractivity contribution in [1.29, 1.82) is 0 Å². The van der Waals surface area contributed by atoms with Crippen LogP contribution < -0.4 is 9.46 Å². The average molecular weight is 417 g/mol. The van der Waals surface area contributed by atoms with E-state index in [1.165, 1.54) is 43.1 Å². The molecule has 27 heavy (non-hydrogen) atoms. The fourth-order valence-corrected chi connectivity index (χ4v) is 3.88. The van der Waals surface area contributed by atoms with Gasteiger partial charge in [-0.05, 0) is 42.5 Å². The van der Waals surface area contributed by atoms with Crippen LogP contribution in [-0.2, 0) is 19.6 Å². The fourth-order valence-electron chi connectivity index (χ4n) is 1.93. The molecule has 0 amide bonds. The summed E-state index contributed by atoms with van der Waals surface area (Å²) in [5, 5.41) is 0. The number of hydrogen-bond donors (Lipinski definition) is 1. The second kappa shape index (κ2) is 9.67. The molecule has 6 nitrogen and oxygen atoms in total. The van der Waals surface area contributed by atoms with Crippen LogP contribution in [0.5, 0.6) is 5.75 Å². The molecule has 0 bridgehead atoms. The Kier molecular flexibility index (Phi) is 7.57. The van der Waals surface area contributed by atoms with Crippen LogP contribution in [0.15, 0.2) is 52.3 Å². The summed E-state index contributed by atoms with van der Waals surface area (Å²) >= 11 is 1.24. The number of rotatable bonds is 9. The van der Waals surface area contributed by atoms with E-state index in [9.17, 15) is 22.0 Å². The Balaban J connectivity index is 1.83. The maximum absolute atomic E-state index is 13.9. The summed E-state index contributed by atoms with van der Waals surface area (Å²) in [6, 6.07) is 8.68. The molecule has 0 heterocycles. The van der Waals surface area contributed by atoms with E-state index in [0.717, 1.165) is 12.1 Å². The van der Waals surface area contributed by atoms with Crippen LogP contribution >= 0.6 is 11.8 Å². The topological polar surface area (TPSA) is 81.7 Å². The summed E-state index contributed by atoms with van der Waals surface area (Å²) in [4.78, 5) is 11.5. The van der Waals surface area contributed by atoms with Crippen LogP contribution in [0, 0.1) is 11.6 Å². The minimum Gasteiger partial charge on any atom is -0.479 e. The van der Waals surface area contributed by atoms with Gasteiger partial charge >= 0.3 is 5.97 Å². The van der Waals surface area contributed by atoms with E-state index in [-0.39, 0.29) is 17.2 Å². The number of ether oxygens (including phenoxy) is 2. The maximum Gasteiger partial charge on any atom is 0.343 e. The molecule has 1 N–H and O–H groups in total. The van der Waals surface area contributed by atoms with Crippen LogP contribution in [0.4, 0.5) is 8.78 Å². The van der Waals surface area contributed by atoms with Gasteiger partial charge in [-0.25, -0.2) is 26.7 Å². The monoisotopic (exact) mass is 417 g/mol. The number of carbonyl (C=O) groups is 1. The highest BCUT2D eigenvalue weighted by Crippen LogP contribution is 2.25. The Bertz CT molecular complexity index is 889. The van der Waals surface area contributed by atoms with Gasteiger partial charge in [0, 0.05) is 17.2 Å². The second-order valence-electron chi connectivity index (χ2n) is 5.16. The Morgan fingerprint density at radius 3 is 2.48 bits per heavy atom. The molecule has 2 rings (SSSR count). The highest BCUT2D eigenvalue weighted by molar-refractivity contribution is 7.99. The van der Waals surface area contributed by atoms with Crippen molar-refractivity contribution in [1.82, 2.24) is 4.72 Å². The fraction of sp³-hybridized carbons (Fsp3) is 0.235. The Morgan fingerprint density at radius 2 is 1.85 bits per heavy atom. The molecular weight excluding hydrogens is 400 g/mol. The van der Waals surface area contributed by atoms with Gasteiger partial charge in [0.05, 0.1) is 12.0 Å². The van der Waals surface area contributed by atoms with E-state index in [2.05, 4.69) is 9.46 Å². The first-order valence-electron chi connectivity index (χ1n) is 7.69. The van der Waals surface area contributed by atoms with E-state index in [1.54, 1.807) is 6.07 Å². The molecule has 0 saturated carbocycles. The van der Waals surface area contributed by atoms with Crippen LogP contribution in [0.1, 0.15) is 0 Å². The first-order chi connectivity index (χ1) is 12.8. The SMILES string of the molecule is COC(=O)COc1ccc(SCCNS(=O)(=O)c2ccc(F)cc2)cc1F. The van der Waals surface area contributed by atoms with Gasteiger partial charge < -0.3 is 9.47 Å². The van der Waals surface area contributed by atoms with Gasteiger partial charge in [0.1, 0.15) is 5.82 Å². The Hall–Kier alpha value is -2.17. The van der Waals surface area contributed by atoms with E-state index in [0.29, 0.717) is 10.6 Å². The third-order valence-corrected chi connectivity index (χ3v) is 5.74. The van der Waals surface area contributed by atoms with Gasteiger partial charge in [-0.15, -0.1) is 11.8 Å². The summed E-state index contributed by atoms with van der Waals surface area (Å²) in [6.45, 7) is -0.294. The predicted octanol–water partition coefficient (Wildman–Crippen LogP) is 2.59. The van der Waals surface area contributed by atoms with Crippen molar-refractivity contribution >= 4 is 27.8 Å². The molecule has 0 fully saturated rings. The molecule has 2 aromatic rings. The minimum absolute atomic E-state index is 0.0351. The van der Waals surface area contributed by atoms with E-state index in [1.807, 2.05) is 0 Å². The summed E-state index contributed by atoms with van der Waals surface area (Å²) in [5.41, 5.74) is 0. The van der Waals surface area contributed by atoms with Gasteiger partial charge in [-0.2, -0.15) is 0 Å². The zero-order valence-corrected chi connectivity index (χ0v) is 15.9. The van der Waals surface area contributed by atoms with Gasteiger partial charge in [-0.3, -0.25) is 0 Å². The molecule has 0 aromatic heterocycles. The molecule has 2 aromatic carbocycles. The molecule has 0 spiro atoms. The number of hydrogen-bond acceptors (Lipinski definition) is 6. The van der Waals surface area contributed by atoms with Crippen molar-refractivity contribution in [3.63, 3.8) is 0 Å². The lowest BCUT2D eigenvalue weighted by Crippen LogP contribution is -2.26. The van der Waals surface area contributed by atoms with Crippen molar-refractivity contribution in [2.24, 2.45) is 0 Å². The minimum atomic E-state index is -3.73. The lowest BCUT2D eigenvalue weighted by molar-refractivity contribution is -0.142. The number of thioether (sulfide) groups is 1. The first kappa shape index (κ1) is 21.1. The van der Waals surface area contributed by atoms with E-state index < -0.39 is 34.2 Å². The number of nitrogens with one attached hydrogen (secondary N) is 1. The Morgan fingerprint density at radius 1 is 1.15 bits per heavy atom. The number of benzene rings is 2. The third kappa shape index (κ3) is 6.49. The van der Waals surface area contributed by atoms with Crippen molar-refractivity contribution in [3.05, 3.63) is 54.1 Å².